The van der Waals surface area contributed by atoms with Crippen LogP contribution in [0.25, 0.3) is 22.2 Å². The molecule has 2 aromatic carbocycles. The molecule has 1 saturated heterocycles. The van der Waals surface area contributed by atoms with E-state index in [1.807, 2.05) is 42.5 Å². The van der Waals surface area contributed by atoms with Crippen molar-refractivity contribution < 1.29 is 4.79 Å². The molecule has 34 heavy (non-hydrogen) atoms. The molecule has 172 valence electrons. The van der Waals surface area contributed by atoms with E-state index in [0.29, 0.717) is 16.6 Å². The smallest absolute Gasteiger partial charge is 0.261 e. The number of benzene rings is 2. The van der Waals surface area contributed by atoms with Crippen LogP contribution in [0.15, 0.2) is 71.8 Å². The molecule has 0 aliphatic carbocycles. The number of nitrogens with one attached hydrogen (secondary N) is 1. The molecular formula is C26H26N6O2. The summed E-state index contributed by atoms with van der Waals surface area (Å²) in [6, 6.07) is 18.7. The zero-order valence-corrected chi connectivity index (χ0v) is 18.9. The lowest BCUT2D eigenvalue weighted by Crippen LogP contribution is -2.30. The van der Waals surface area contributed by atoms with Crippen LogP contribution in [0.2, 0.25) is 0 Å². The van der Waals surface area contributed by atoms with E-state index in [2.05, 4.69) is 25.4 Å². The van der Waals surface area contributed by atoms with Gasteiger partial charge in [-0.1, -0.05) is 24.3 Å². The number of rotatable bonds is 6. The van der Waals surface area contributed by atoms with Gasteiger partial charge in [0.1, 0.15) is 0 Å². The molecule has 0 atom stereocenters. The number of aryl methyl sites for hydroxylation is 1. The molecule has 1 amide bonds. The number of hydrogen-bond acceptors (Lipinski definition) is 6. The molecule has 0 saturated carbocycles. The van der Waals surface area contributed by atoms with Gasteiger partial charge >= 0.3 is 0 Å². The molecule has 3 heterocycles. The summed E-state index contributed by atoms with van der Waals surface area (Å²) in [7, 11) is 0. The van der Waals surface area contributed by atoms with E-state index >= 15 is 0 Å². The van der Waals surface area contributed by atoms with Gasteiger partial charge in [-0.2, -0.15) is 0 Å². The molecule has 0 bridgehead atoms. The molecule has 1 aliphatic rings. The van der Waals surface area contributed by atoms with Gasteiger partial charge in [-0.3, -0.25) is 14.2 Å². The Labute approximate surface area is 197 Å². The minimum Gasteiger partial charge on any atom is -0.355 e. The third kappa shape index (κ3) is 4.80. The first-order valence-corrected chi connectivity index (χ1v) is 11.6. The van der Waals surface area contributed by atoms with Gasteiger partial charge in [-0.25, -0.2) is 4.98 Å². The maximum atomic E-state index is 12.6. The summed E-state index contributed by atoms with van der Waals surface area (Å²) in [4.78, 5) is 31.6. The Morgan fingerprint density at radius 1 is 0.912 bits per heavy atom. The van der Waals surface area contributed by atoms with Crippen molar-refractivity contribution in [3.8, 4) is 11.3 Å². The van der Waals surface area contributed by atoms with Crippen LogP contribution >= 0.6 is 0 Å². The molecule has 1 aliphatic heterocycles. The summed E-state index contributed by atoms with van der Waals surface area (Å²) in [5.74, 6) is 0.756. The number of carbonyl (C=O) groups is 1. The number of carbonyl (C=O) groups excluding carboxylic acids is 1. The Bertz CT molecular complexity index is 1340. The highest BCUT2D eigenvalue weighted by atomic mass is 16.2. The van der Waals surface area contributed by atoms with E-state index in [-0.39, 0.29) is 24.4 Å². The summed E-state index contributed by atoms with van der Waals surface area (Å²) < 4.78 is 1.47. The summed E-state index contributed by atoms with van der Waals surface area (Å²) in [5.41, 5.74) is 2.93. The maximum Gasteiger partial charge on any atom is 0.261 e. The van der Waals surface area contributed by atoms with Gasteiger partial charge < -0.3 is 10.2 Å². The van der Waals surface area contributed by atoms with Crippen LogP contribution in [0.5, 0.6) is 0 Å². The number of para-hydroxylation sites is 1. The van der Waals surface area contributed by atoms with Crippen molar-refractivity contribution in [2.45, 2.75) is 32.2 Å². The van der Waals surface area contributed by atoms with Gasteiger partial charge in [0.15, 0.2) is 5.82 Å². The fourth-order valence-electron chi connectivity index (χ4n) is 4.21. The molecule has 0 spiro atoms. The molecule has 8 nitrogen and oxygen atoms in total. The van der Waals surface area contributed by atoms with E-state index in [1.54, 1.807) is 18.2 Å². The molecule has 0 unspecified atom stereocenters. The molecule has 2 aromatic heterocycles. The minimum atomic E-state index is -0.168. The van der Waals surface area contributed by atoms with E-state index in [0.717, 1.165) is 30.2 Å². The first kappa shape index (κ1) is 21.8. The summed E-state index contributed by atoms with van der Waals surface area (Å²) in [5, 5.41) is 12.2. The third-order valence-corrected chi connectivity index (χ3v) is 6.11. The lowest BCUT2D eigenvalue weighted by molar-refractivity contribution is -0.116. The average molecular weight is 455 g/mol. The van der Waals surface area contributed by atoms with Gasteiger partial charge in [-0.05, 0) is 55.7 Å². The highest BCUT2D eigenvalue weighted by Gasteiger charge is 2.13. The van der Waals surface area contributed by atoms with E-state index in [9.17, 15) is 9.59 Å². The van der Waals surface area contributed by atoms with Crippen molar-refractivity contribution in [1.82, 2.24) is 19.7 Å². The fraction of sp³-hybridized carbons (Fsp3) is 0.269. The predicted molar refractivity (Wildman–Crippen MR) is 133 cm³/mol. The second-order valence-electron chi connectivity index (χ2n) is 8.46. The van der Waals surface area contributed by atoms with E-state index < -0.39 is 0 Å². The lowest BCUT2D eigenvalue weighted by Gasteiger charge is -2.27. The number of aromatic nitrogens is 4. The number of hydrogen-bond donors (Lipinski definition) is 1. The highest BCUT2D eigenvalue weighted by molar-refractivity contribution is 5.91. The van der Waals surface area contributed by atoms with Crippen molar-refractivity contribution in [3.05, 3.63) is 77.3 Å². The van der Waals surface area contributed by atoms with Crippen LogP contribution in [0.4, 0.5) is 11.5 Å². The first-order chi connectivity index (χ1) is 16.7. The predicted octanol–water partition coefficient (Wildman–Crippen LogP) is 3.87. The van der Waals surface area contributed by atoms with Crippen molar-refractivity contribution in [1.29, 1.82) is 0 Å². The topological polar surface area (TPSA) is 93.0 Å². The molecule has 0 radical (unpaired) electrons. The second kappa shape index (κ2) is 9.82. The summed E-state index contributed by atoms with van der Waals surface area (Å²) in [6.45, 7) is 2.34. The third-order valence-electron chi connectivity index (χ3n) is 6.11. The van der Waals surface area contributed by atoms with Crippen molar-refractivity contribution in [3.63, 3.8) is 0 Å². The van der Waals surface area contributed by atoms with Gasteiger partial charge in [0.2, 0.25) is 5.91 Å². The van der Waals surface area contributed by atoms with Crippen LogP contribution < -0.4 is 15.8 Å². The molecule has 8 heteroatoms. The number of nitrogens with zero attached hydrogens (tertiary/aromatic N) is 5. The van der Waals surface area contributed by atoms with Crippen LogP contribution in [0, 0.1) is 0 Å². The summed E-state index contributed by atoms with van der Waals surface area (Å²) >= 11 is 0. The second-order valence-corrected chi connectivity index (χ2v) is 8.46. The monoisotopic (exact) mass is 454 g/mol. The molecule has 1 fully saturated rings. The number of fused-ring (bicyclic) bond motifs is 1. The van der Waals surface area contributed by atoms with E-state index in [4.69, 9.17) is 0 Å². The van der Waals surface area contributed by atoms with Gasteiger partial charge in [0.25, 0.3) is 5.56 Å². The van der Waals surface area contributed by atoms with Crippen LogP contribution in [0.1, 0.15) is 25.7 Å². The van der Waals surface area contributed by atoms with Crippen molar-refractivity contribution in [2.75, 3.05) is 23.3 Å². The lowest BCUT2D eigenvalue weighted by atomic mass is 10.1. The standard InChI is InChI=1S/C26H26N6O2/c33-25(14-17-32-18-27-23-7-3-2-6-21(23)26(32)34)28-20-10-8-19(9-11-20)22-12-13-24(30-29-22)31-15-4-1-5-16-31/h2-3,6-13,18H,1,4-5,14-17H2,(H,28,33). The zero-order chi connectivity index (χ0) is 23.3. The quantitative estimate of drug-likeness (QED) is 0.475. The average Bonchev–Trinajstić information content (AvgIpc) is 2.89. The Hall–Kier alpha value is -4.07. The minimum absolute atomic E-state index is 0.143. The summed E-state index contributed by atoms with van der Waals surface area (Å²) in [6.07, 6.45) is 5.35. The fourth-order valence-corrected chi connectivity index (χ4v) is 4.21. The Morgan fingerprint density at radius 2 is 1.71 bits per heavy atom. The van der Waals surface area contributed by atoms with Crippen LogP contribution in [-0.2, 0) is 11.3 Å². The molecule has 5 rings (SSSR count). The van der Waals surface area contributed by atoms with Gasteiger partial charge in [0.05, 0.1) is 22.9 Å². The largest absolute Gasteiger partial charge is 0.355 e. The van der Waals surface area contributed by atoms with Crippen LogP contribution in [0.3, 0.4) is 0 Å². The zero-order valence-electron chi connectivity index (χ0n) is 18.9. The number of piperidine rings is 1. The van der Waals surface area contributed by atoms with E-state index in [1.165, 1.54) is 30.2 Å². The van der Waals surface area contributed by atoms with Crippen molar-refractivity contribution in [2.24, 2.45) is 0 Å². The SMILES string of the molecule is O=C(CCn1cnc2ccccc2c1=O)Nc1ccc(-c2ccc(N3CCCCC3)nn2)cc1. The highest BCUT2D eigenvalue weighted by Crippen LogP contribution is 2.22. The molecule has 4 aromatic rings. The normalized spacial score (nSPS) is 13.7. The van der Waals surface area contributed by atoms with Crippen LogP contribution in [-0.4, -0.2) is 38.7 Å². The first-order valence-electron chi connectivity index (χ1n) is 11.6. The number of amides is 1. The number of anilines is 2. The van der Waals surface area contributed by atoms with Crippen molar-refractivity contribution >= 4 is 28.3 Å². The Kier molecular flexibility index (Phi) is 6.29. The van der Waals surface area contributed by atoms with Gasteiger partial charge in [-0.15, -0.1) is 10.2 Å². The Balaban J connectivity index is 1.18. The molecular weight excluding hydrogens is 428 g/mol. The maximum absolute atomic E-state index is 12.6. The molecule has 1 N–H and O–H groups in total. The Morgan fingerprint density at radius 3 is 2.47 bits per heavy atom. The van der Waals surface area contributed by atoms with Gasteiger partial charge in [0, 0.05) is 37.3 Å².